The van der Waals surface area contributed by atoms with Crippen LogP contribution >= 0.6 is 0 Å². The number of unbranched alkanes of at least 4 members (excludes halogenated alkanes) is 84. The SMILES string of the molecule is CCCCCCCCCCCCCCCCCC(=O)OCCOCC(OCCOC(=O)CCCCCCCCCCCCCCCCC)C(OCCOC(=O)CCCCCCCCCCCCCCCCC)C(OCCOC(=O)CCCCCCCCCCCCCCCCC)C(COCCOC(=O)CCCCCCCCCCCCCCCCC)OCCOC(=O)CCCCCCCCCCCCCCCCC. The Morgan fingerprint density at radius 1 is 0.132 bits per heavy atom. The summed E-state index contributed by atoms with van der Waals surface area (Å²) in [5.74, 6) is -1.81. The highest BCUT2D eigenvalue weighted by atomic mass is 16.6. The summed E-state index contributed by atoms with van der Waals surface area (Å²) in [7, 11) is 0. The Morgan fingerprint density at radius 2 is 0.243 bits per heavy atom. The zero-order chi connectivity index (χ0) is 104. The smallest absolute Gasteiger partial charge is 0.305 e. The molecule has 0 radical (unpaired) electrons. The summed E-state index contributed by atoms with van der Waals surface area (Å²) in [4.78, 5) is 81.2. The van der Waals surface area contributed by atoms with Gasteiger partial charge in [-0.05, 0) is 38.5 Å². The normalized spacial score (nSPS) is 12.5. The van der Waals surface area contributed by atoms with Gasteiger partial charge in [-0.15, -0.1) is 0 Å². The first-order chi connectivity index (χ1) is 71.1. The predicted molar refractivity (Wildman–Crippen MR) is 604 cm³/mol. The van der Waals surface area contributed by atoms with Crippen LogP contribution in [0.15, 0.2) is 0 Å². The van der Waals surface area contributed by atoms with E-state index in [0.29, 0.717) is 25.7 Å². The summed E-state index contributed by atoms with van der Waals surface area (Å²) in [6, 6.07) is 0. The molecule has 0 aromatic rings. The number of esters is 6. The van der Waals surface area contributed by atoms with Crippen LogP contribution in [0.3, 0.4) is 0 Å². The fourth-order valence-electron chi connectivity index (χ4n) is 19.8. The molecule has 0 saturated heterocycles. The molecule has 0 fully saturated rings. The van der Waals surface area contributed by atoms with E-state index in [0.717, 1.165) is 141 Å². The summed E-state index contributed by atoms with van der Waals surface area (Å²) >= 11 is 0. The van der Waals surface area contributed by atoms with Crippen LogP contribution in [-0.4, -0.2) is 153 Å². The molecular formula is C126H242O18. The standard InChI is InChI=1S/C126H242O18/c1-7-13-19-25-31-37-43-49-55-61-67-73-79-85-91-97-119(127)137-105-103-133-115-117(135-107-109-139-121(129)99-93-87-81-75-69-63-57-51-45-39-33-27-21-15-9-3)125(143-113-111-141-123(131)101-95-89-83-77-71-65-59-53-47-41-35-29-23-17-11-5)126(144-114-112-142-124(132)102-96-90-84-78-72-66-60-54-48-42-36-30-24-18-12-6)118(136-108-110-140-122(130)100-94-88-82-76-70-64-58-52-46-40-34-28-22-16-10-4)116-134-104-106-138-120(128)98-92-86-80-74-68-62-56-50-44-38-32-26-20-14-8-2/h117-118,125-126H,7-116H2,1-6H3. The highest BCUT2D eigenvalue weighted by Crippen LogP contribution is 2.26. The maximum atomic E-state index is 13.7. The zero-order valence-corrected chi connectivity index (χ0v) is 96.4. The molecule has 0 spiro atoms. The van der Waals surface area contributed by atoms with Gasteiger partial charge < -0.3 is 56.8 Å². The van der Waals surface area contributed by atoms with Crippen molar-refractivity contribution in [3.63, 3.8) is 0 Å². The highest BCUT2D eigenvalue weighted by Gasteiger charge is 2.39. The van der Waals surface area contributed by atoms with E-state index in [9.17, 15) is 28.8 Å². The van der Waals surface area contributed by atoms with Gasteiger partial charge in [-0.2, -0.15) is 0 Å². The van der Waals surface area contributed by atoms with E-state index in [4.69, 9.17) is 56.8 Å². The Balaban J connectivity index is 7.32. The van der Waals surface area contributed by atoms with E-state index in [1.807, 2.05) is 0 Å². The summed E-state index contributed by atoms with van der Waals surface area (Å²) in [5.41, 5.74) is 0. The fraction of sp³-hybridized carbons (Fsp3) is 0.952. The highest BCUT2D eigenvalue weighted by molar-refractivity contribution is 5.71. The second-order valence-electron chi connectivity index (χ2n) is 43.2. The minimum Gasteiger partial charge on any atom is -0.463 e. The Bertz CT molecular complexity index is 2400. The first-order valence-electron chi connectivity index (χ1n) is 63.6. The second kappa shape index (κ2) is 121. The number of hydrogen-bond donors (Lipinski definition) is 0. The molecule has 0 aliphatic carbocycles. The van der Waals surface area contributed by atoms with Crippen LogP contribution in [0.5, 0.6) is 0 Å². The molecule has 0 aromatic carbocycles. The first kappa shape index (κ1) is 141. The summed E-state index contributed by atoms with van der Waals surface area (Å²) < 4.78 is 76.1. The van der Waals surface area contributed by atoms with Crippen LogP contribution in [-0.2, 0) is 85.6 Å². The second-order valence-corrected chi connectivity index (χ2v) is 43.2. The largest absolute Gasteiger partial charge is 0.463 e. The van der Waals surface area contributed by atoms with Gasteiger partial charge in [0.25, 0.3) is 0 Å². The Morgan fingerprint density at radius 3 is 0.375 bits per heavy atom. The molecule has 0 aliphatic rings. The molecule has 854 valence electrons. The van der Waals surface area contributed by atoms with Gasteiger partial charge in [0, 0.05) is 38.5 Å². The average Bonchev–Trinajstić information content (AvgIpc) is 0.838. The molecule has 4 atom stereocenters. The van der Waals surface area contributed by atoms with Crippen molar-refractivity contribution in [1.82, 2.24) is 0 Å². The van der Waals surface area contributed by atoms with Crippen LogP contribution in [0, 0.1) is 0 Å². The molecule has 18 heteroatoms. The van der Waals surface area contributed by atoms with E-state index in [1.165, 1.54) is 437 Å². The van der Waals surface area contributed by atoms with Gasteiger partial charge in [0.05, 0.1) is 52.9 Å². The van der Waals surface area contributed by atoms with Crippen LogP contribution < -0.4 is 0 Å². The van der Waals surface area contributed by atoms with Gasteiger partial charge in [-0.25, -0.2) is 0 Å². The Kier molecular flexibility index (Phi) is 119. The lowest BCUT2D eigenvalue weighted by Gasteiger charge is -2.37. The summed E-state index contributed by atoms with van der Waals surface area (Å²) in [6.45, 7) is 12.8. The molecule has 0 saturated carbocycles. The average molecular weight is 2050 g/mol. The third-order valence-corrected chi connectivity index (χ3v) is 29.2. The lowest BCUT2D eigenvalue weighted by atomic mass is 10.0. The number of hydrogen-bond acceptors (Lipinski definition) is 18. The van der Waals surface area contributed by atoms with E-state index in [-0.39, 0.29) is 141 Å². The van der Waals surface area contributed by atoms with Crippen molar-refractivity contribution in [2.45, 2.75) is 682 Å². The molecule has 0 aromatic heterocycles. The number of ether oxygens (including phenoxy) is 12. The van der Waals surface area contributed by atoms with Crippen LogP contribution in [0.1, 0.15) is 658 Å². The molecular weight excluding hydrogens is 1800 g/mol. The third-order valence-electron chi connectivity index (χ3n) is 29.2. The van der Waals surface area contributed by atoms with Crippen molar-refractivity contribution in [1.29, 1.82) is 0 Å². The number of carbonyl (C=O) groups is 6. The number of carbonyl (C=O) groups excluding carboxylic acids is 6. The van der Waals surface area contributed by atoms with Crippen molar-refractivity contribution in [3.8, 4) is 0 Å². The molecule has 0 N–H and O–H groups in total. The van der Waals surface area contributed by atoms with Gasteiger partial charge in [-0.1, -0.05) is 581 Å². The number of rotatable bonds is 125. The van der Waals surface area contributed by atoms with Gasteiger partial charge in [0.1, 0.15) is 64.1 Å². The maximum absolute atomic E-state index is 13.7. The van der Waals surface area contributed by atoms with Crippen molar-refractivity contribution in [3.05, 3.63) is 0 Å². The molecule has 0 bridgehead atoms. The van der Waals surface area contributed by atoms with Crippen molar-refractivity contribution in [2.75, 3.05) is 92.5 Å². The van der Waals surface area contributed by atoms with Crippen LogP contribution in [0.2, 0.25) is 0 Å². The zero-order valence-electron chi connectivity index (χ0n) is 96.4. The minimum atomic E-state index is -1.12. The summed E-state index contributed by atoms with van der Waals surface area (Å²) in [5, 5.41) is 0. The summed E-state index contributed by atoms with van der Waals surface area (Å²) in [6.07, 6.45) is 108. The topological polar surface area (TPSA) is 213 Å². The minimum absolute atomic E-state index is 0.00543. The van der Waals surface area contributed by atoms with Crippen LogP contribution in [0.25, 0.3) is 0 Å². The van der Waals surface area contributed by atoms with Crippen molar-refractivity contribution >= 4 is 35.8 Å². The molecule has 0 amide bonds. The van der Waals surface area contributed by atoms with Crippen molar-refractivity contribution in [2.24, 2.45) is 0 Å². The third kappa shape index (κ3) is 110. The fourth-order valence-corrected chi connectivity index (χ4v) is 19.8. The molecule has 18 nitrogen and oxygen atoms in total. The van der Waals surface area contributed by atoms with Gasteiger partial charge in [0.2, 0.25) is 0 Å². The Hall–Kier alpha value is -3.42. The maximum Gasteiger partial charge on any atom is 0.305 e. The quantitative estimate of drug-likeness (QED) is 0.0314. The monoisotopic (exact) mass is 2040 g/mol. The van der Waals surface area contributed by atoms with Gasteiger partial charge in [-0.3, -0.25) is 28.8 Å². The van der Waals surface area contributed by atoms with E-state index >= 15 is 0 Å². The molecule has 0 aliphatic heterocycles. The van der Waals surface area contributed by atoms with E-state index < -0.39 is 24.4 Å². The van der Waals surface area contributed by atoms with Crippen molar-refractivity contribution < 1.29 is 85.6 Å². The Labute approximate surface area is 891 Å². The first-order valence-corrected chi connectivity index (χ1v) is 63.6. The molecule has 4 unspecified atom stereocenters. The van der Waals surface area contributed by atoms with E-state index in [1.54, 1.807) is 0 Å². The lowest BCUT2D eigenvalue weighted by molar-refractivity contribution is -0.207. The van der Waals surface area contributed by atoms with Crippen LogP contribution in [0.4, 0.5) is 0 Å². The molecule has 144 heavy (non-hydrogen) atoms. The molecule has 0 heterocycles. The lowest BCUT2D eigenvalue weighted by Crippen LogP contribution is -2.53. The van der Waals surface area contributed by atoms with Gasteiger partial charge >= 0.3 is 35.8 Å². The molecule has 0 rings (SSSR count). The van der Waals surface area contributed by atoms with Gasteiger partial charge in [0.15, 0.2) is 0 Å². The predicted octanol–water partition coefficient (Wildman–Crippen LogP) is 37.4. The van der Waals surface area contributed by atoms with E-state index in [2.05, 4.69) is 41.5 Å².